The summed E-state index contributed by atoms with van der Waals surface area (Å²) in [5, 5.41) is 14.3. The number of carboxylic acid groups (broad SMARTS) is 1. The van der Waals surface area contributed by atoms with Crippen molar-refractivity contribution in [2.75, 3.05) is 12.3 Å². The van der Waals surface area contributed by atoms with Crippen LogP contribution < -0.4 is 10.6 Å². The van der Waals surface area contributed by atoms with Gasteiger partial charge in [0.1, 0.15) is 11.6 Å². The van der Waals surface area contributed by atoms with Crippen molar-refractivity contribution in [3.8, 4) is 0 Å². The fourth-order valence-corrected chi connectivity index (χ4v) is 5.19. The molecule has 40 heavy (non-hydrogen) atoms. The first-order chi connectivity index (χ1) is 19.1. The quantitative estimate of drug-likeness (QED) is 0.130. The van der Waals surface area contributed by atoms with Gasteiger partial charge in [-0.1, -0.05) is 72.8 Å². The molecule has 7 nitrogen and oxygen atoms in total. The fourth-order valence-electron chi connectivity index (χ4n) is 4.20. The molecule has 2 amide bonds. The first kappa shape index (κ1) is 30.8. The van der Waals surface area contributed by atoms with Crippen LogP contribution in [0, 0.1) is 0 Å². The molecule has 0 unspecified atom stereocenters. The van der Waals surface area contributed by atoms with E-state index in [1.165, 1.54) is 22.9 Å². The number of carbonyl (C=O) groups is 3. The van der Waals surface area contributed by atoms with E-state index in [4.69, 9.17) is 9.84 Å². The van der Waals surface area contributed by atoms with Crippen molar-refractivity contribution < 1.29 is 24.2 Å². The topological polar surface area (TPSA) is 105 Å². The second-order valence-corrected chi connectivity index (χ2v) is 11.6. The number of unbranched alkanes of at least 4 members (excludes halogenated alkanes) is 1. The maximum absolute atomic E-state index is 13.0. The molecule has 0 saturated heterocycles. The average Bonchev–Trinajstić information content (AvgIpc) is 2.91. The summed E-state index contributed by atoms with van der Waals surface area (Å²) in [6.45, 7) is 5.62. The molecule has 3 rings (SSSR count). The molecule has 212 valence electrons. The van der Waals surface area contributed by atoms with Crippen molar-refractivity contribution in [2.24, 2.45) is 0 Å². The van der Waals surface area contributed by atoms with E-state index in [0.717, 1.165) is 10.5 Å². The van der Waals surface area contributed by atoms with Crippen LogP contribution in [0.1, 0.15) is 62.6 Å². The summed E-state index contributed by atoms with van der Waals surface area (Å²) in [6.07, 6.45) is 0.383. The number of thioether (sulfide) groups is 1. The summed E-state index contributed by atoms with van der Waals surface area (Å²) in [5.41, 5.74) is 2.79. The third-order valence-electron chi connectivity index (χ3n) is 6.00. The third kappa shape index (κ3) is 10.4. The number of nitrogens with one attached hydrogen (secondary N) is 2. The number of amides is 2. The number of carbonyl (C=O) groups excluding carboxylic acids is 2. The first-order valence-corrected chi connectivity index (χ1v) is 14.4. The van der Waals surface area contributed by atoms with Crippen LogP contribution >= 0.6 is 11.8 Å². The summed E-state index contributed by atoms with van der Waals surface area (Å²) < 4.78 is 5.38. The highest BCUT2D eigenvalue weighted by Crippen LogP contribution is 2.34. The van der Waals surface area contributed by atoms with E-state index in [9.17, 15) is 14.4 Å². The minimum Gasteiger partial charge on any atom is -0.481 e. The minimum atomic E-state index is -0.865. The zero-order chi connectivity index (χ0) is 29.0. The summed E-state index contributed by atoms with van der Waals surface area (Å²) in [5.74, 6) is -0.856. The number of hydrogen-bond donors (Lipinski definition) is 3. The van der Waals surface area contributed by atoms with Crippen molar-refractivity contribution in [1.82, 2.24) is 10.6 Å². The van der Waals surface area contributed by atoms with Gasteiger partial charge in [-0.05, 0) is 62.4 Å². The molecule has 3 aromatic carbocycles. The van der Waals surface area contributed by atoms with Crippen LogP contribution in [0.15, 0.2) is 89.8 Å². The molecule has 0 saturated carbocycles. The highest BCUT2D eigenvalue weighted by molar-refractivity contribution is 7.99. The van der Waals surface area contributed by atoms with E-state index < -0.39 is 23.7 Å². The van der Waals surface area contributed by atoms with Crippen LogP contribution in [0.4, 0.5) is 4.79 Å². The molecule has 0 aromatic heterocycles. The van der Waals surface area contributed by atoms with Gasteiger partial charge in [0.05, 0.1) is 0 Å². The third-order valence-corrected chi connectivity index (χ3v) is 7.09. The van der Waals surface area contributed by atoms with Gasteiger partial charge in [-0.25, -0.2) is 4.79 Å². The zero-order valence-electron chi connectivity index (χ0n) is 23.3. The first-order valence-electron chi connectivity index (χ1n) is 13.4. The SMILES string of the molecule is CC(C)(C)OC(=O)N[C@@H](CSc1cccc(C(c2ccccc2)c2ccccc2)c1)C(=O)NCCCCC(=O)O. The van der Waals surface area contributed by atoms with Crippen LogP contribution in [-0.2, 0) is 14.3 Å². The van der Waals surface area contributed by atoms with Gasteiger partial charge in [0, 0.05) is 29.5 Å². The second kappa shape index (κ2) is 15.1. The molecule has 0 aliphatic heterocycles. The van der Waals surface area contributed by atoms with Gasteiger partial charge in [0.25, 0.3) is 0 Å². The predicted octanol–water partition coefficient (Wildman–Crippen LogP) is 6.22. The van der Waals surface area contributed by atoms with E-state index in [-0.39, 0.29) is 18.2 Å². The van der Waals surface area contributed by atoms with Crippen LogP contribution in [0.3, 0.4) is 0 Å². The maximum Gasteiger partial charge on any atom is 0.408 e. The van der Waals surface area contributed by atoms with Gasteiger partial charge in [-0.3, -0.25) is 9.59 Å². The monoisotopic (exact) mass is 562 g/mol. The molecular weight excluding hydrogens is 524 g/mol. The van der Waals surface area contributed by atoms with E-state index >= 15 is 0 Å². The van der Waals surface area contributed by atoms with E-state index in [1.807, 2.05) is 48.5 Å². The molecule has 0 spiro atoms. The number of alkyl carbamates (subject to hydrolysis) is 1. The van der Waals surface area contributed by atoms with Gasteiger partial charge in [-0.15, -0.1) is 11.8 Å². The fraction of sp³-hybridized carbons (Fsp3) is 0.344. The summed E-state index contributed by atoms with van der Waals surface area (Å²) in [6, 6.07) is 28.1. The van der Waals surface area contributed by atoms with Gasteiger partial charge < -0.3 is 20.5 Å². The van der Waals surface area contributed by atoms with E-state index in [1.54, 1.807) is 20.8 Å². The Bertz CT molecular complexity index is 1210. The molecular formula is C32H38N2O5S. The lowest BCUT2D eigenvalue weighted by Gasteiger charge is -2.23. The van der Waals surface area contributed by atoms with Crippen LogP contribution in [0.25, 0.3) is 0 Å². The van der Waals surface area contributed by atoms with Crippen molar-refractivity contribution in [3.05, 3.63) is 102 Å². The normalized spacial score (nSPS) is 12.0. The van der Waals surface area contributed by atoms with Crippen molar-refractivity contribution in [1.29, 1.82) is 0 Å². The number of hydrogen-bond acceptors (Lipinski definition) is 5. The van der Waals surface area contributed by atoms with Gasteiger partial charge in [0.2, 0.25) is 5.91 Å². The summed E-state index contributed by atoms with van der Waals surface area (Å²) in [4.78, 5) is 37.2. The molecule has 0 aliphatic carbocycles. The number of benzene rings is 3. The molecule has 0 radical (unpaired) electrons. The van der Waals surface area contributed by atoms with Gasteiger partial charge in [0.15, 0.2) is 0 Å². The Morgan fingerprint density at radius 1 is 0.850 bits per heavy atom. The Labute approximate surface area is 240 Å². The predicted molar refractivity (Wildman–Crippen MR) is 159 cm³/mol. The lowest BCUT2D eigenvalue weighted by atomic mass is 9.85. The summed E-state index contributed by atoms with van der Waals surface area (Å²) in [7, 11) is 0. The average molecular weight is 563 g/mol. The largest absolute Gasteiger partial charge is 0.481 e. The molecule has 3 N–H and O–H groups in total. The smallest absolute Gasteiger partial charge is 0.408 e. The number of aliphatic carboxylic acids is 1. The lowest BCUT2D eigenvalue weighted by molar-refractivity contribution is -0.137. The lowest BCUT2D eigenvalue weighted by Crippen LogP contribution is -2.49. The molecule has 0 heterocycles. The molecule has 8 heteroatoms. The Morgan fingerprint density at radius 2 is 1.45 bits per heavy atom. The Balaban J connectivity index is 1.75. The standard InChI is InChI=1S/C32H38N2O5S/c1-32(2,3)39-31(38)34-27(30(37)33-20-11-10-19-28(35)36)22-40-26-18-12-17-25(21-26)29(23-13-6-4-7-14-23)24-15-8-5-9-16-24/h4-9,12-18,21,27,29H,10-11,19-20,22H2,1-3H3,(H,33,37)(H,34,38)(H,35,36)/t27-/m0/s1. The van der Waals surface area contributed by atoms with E-state index in [0.29, 0.717) is 25.1 Å². The van der Waals surface area contributed by atoms with Crippen molar-refractivity contribution in [3.63, 3.8) is 0 Å². The van der Waals surface area contributed by atoms with Crippen LogP contribution in [-0.4, -0.2) is 47.0 Å². The molecule has 1 atom stereocenters. The van der Waals surface area contributed by atoms with Gasteiger partial charge in [-0.2, -0.15) is 0 Å². The highest BCUT2D eigenvalue weighted by atomic mass is 32.2. The van der Waals surface area contributed by atoms with Crippen LogP contribution in [0.5, 0.6) is 0 Å². The molecule has 0 fully saturated rings. The zero-order valence-corrected chi connectivity index (χ0v) is 24.1. The number of rotatable bonds is 13. The maximum atomic E-state index is 13.0. The molecule has 3 aromatic rings. The molecule has 0 aliphatic rings. The summed E-state index contributed by atoms with van der Waals surface area (Å²) >= 11 is 1.48. The highest BCUT2D eigenvalue weighted by Gasteiger charge is 2.25. The number of ether oxygens (including phenoxy) is 1. The van der Waals surface area contributed by atoms with Crippen molar-refractivity contribution in [2.45, 2.75) is 62.5 Å². The van der Waals surface area contributed by atoms with E-state index in [2.05, 4.69) is 47.0 Å². The van der Waals surface area contributed by atoms with Crippen LogP contribution in [0.2, 0.25) is 0 Å². The molecule has 0 bridgehead atoms. The second-order valence-electron chi connectivity index (χ2n) is 10.5. The minimum absolute atomic E-state index is 0.0488. The Kier molecular flexibility index (Phi) is 11.6. The number of carboxylic acids is 1. The Morgan fingerprint density at radius 3 is 2.02 bits per heavy atom. The Hall–Kier alpha value is -3.78. The van der Waals surface area contributed by atoms with Gasteiger partial charge >= 0.3 is 12.1 Å². The van der Waals surface area contributed by atoms with Crippen molar-refractivity contribution >= 4 is 29.7 Å².